The van der Waals surface area contributed by atoms with Crippen molar-refractivity contribution in [2.75, 3.05) is 6.61 Å². The van der Waals surface area contributed by atoms with Crippen LogP contribution < -0.4 is 4.72 Å². The fraction of sp³-hybridized carbons (Fsp3) is 0.154. The van der Waals surface area contributed by atoms with Crippen LogP contribution in [-0.2, 0) is 21.3 Å². The Balaban J connectivity index is 1.57. The molecule has 0 aliphatic rings. The third-order valence-corrected chi connectivity index (χ3v) is 6.70. The van der Waals surface area contributed by atoms with Crippen LogP contribution in [0.3, 0.4) is 0 Å². The van der Waals surface area contributed by atoms with Crippen LogP contribution in [-0.4, -0.2) is 41.4 Å². The number of carbonyl (C=O) groups excluding carboxylic acids is 2. The van der Waals surface area contributed by atoms with E-state index in [0.29, 0.717) is 38.7 Å². The quantitative estimate of drug-likeness (QED) is 0.331. The van der Waals surface area contributed by atoms with E-state index < -0.39 is 21.9 Å². The van der Waals surface area contributed by atoms with Gasteiger partial charge >= 0.3 is 5.97 Å². The molecule has 4 aromatic rings. The summed E-state index contributed by atoms with van der Waals surface area (Å²) in [6, 6.07) is 16.7. The molecule has 2 aromatic heterocycles. The van der Waals surface area contributed by atoms with E-state index in [1.165, 1.54) is 18.2 Å². The number of aromatic nitrogens is 3. The first kappa shape index (κ1) is 26.1. The number of benzene rings is 2. The van der Waals surface area contributed by atoms with E-state index in [1.54, 1.807) is 60.9 Å². The molecule has 0 aliphatic heterocycles. The van der Waals surface area contributed by atoms with Gasteiger partial charge in [0.25, 0.3) is 15.9 Å². The van der Waals surface area contributed by atoms with E-state index in [0.717, 1.165) is 5.41 Å². The third-order valence-electron chi connectivity index (χ3n) is 5.38. The Morgan fingerprint density at radius 3 is 2.54 bits per heavy atom. The number of fused-ring (bicyclic) bond motifs is 1. The number of rotatable bonds is 8. The van der Waals surface area contributed by atoms with Gasteiger partial charge in [-0.25, -0.2) is 27.9 Å². The lowest BCUT2D eigenvalue weighted by Gasteiger charge is -2.10. The van der Waals surface area contributed by atoms with Crippen LogP contribution in [0.5, 0.6) is 0 Å². The zero-order valence-electron chi connectivity index (χ0n) is 20.0. The van der Waals surface area contributed by atoms with Crippen molar-refractivity contribution in [2.24, 2.45) is 0 Å². The highest BCUT2D eigenvalue weighted by Crippen LogP contribution is 2.23. The minimum absolute atomic E-state index is 0.0888. The van der Waals surface area contributed by atoms with Crippen LogP contribution in [0, 0.1) is 6.92 Å². The minimum Gasteiger partial charge on any atom is -0.462 e. The maximum atomic E-state index is 12.7. The molecule has 0 saturated heterocycles. The predicted octanol–water partition coefficient (Wildman–Crippen LogP) is 4.35. The molecule has 9 nitrogen and oxygen atoms in total. The number of halogens is 1. The number of aryl methyl sites for hydroxylation is 1. The van der Waals surface area contributed by atoms with Crippen LogP contribution >= 0.6 is 11.6 Å². The molecular formula is C26H23ClN4O5S. The van der Waals surface area contributed by atoms with E-state index in [-0.39, 0.29) is 18.8 Å². The standard InChI is InChI=1S/C26H23ClN4O5S/c1-3-36-26(33)19-9-10-20(21(27)15-19)16-31-17(2)28-22-11-12-23(29-24(22)31)25(32)30-37(34,35)14-13-18-7-5-4-6-8-18/h4-15H,3,16H2,1-2H3,(H,30,32)/b14-13+. The van der Waals surface area contributed by atoms with Crippen LogP contribution in [0.25, 0.3) is 17.2 Å². The number of carbonyl (C=O) groups is 2. The Morgan fingerprint density at radius 1 is 1.08 bits per heavy atom. The average Bonchev–Trinajstić information content (AvgIpc) is 3.18. The average molecular weight is 539 g/mol. The maximum absolute atomic E-state index is 12.7. The van der Waals surface area contributed by atoms with E-state index in [1.807, 2.05) is 10.8 Å². The number of hydrogen-bond donors (Lipinski definition) is 1. The fourth-order valence-corrected chi connectivity index (χ4v) is 4.57. The predicted molar refractivity (Wildman–Crippen MR) is 141 cm³/mol. The van der Waals surface area contributed by atoms with Gasteiger partial charge < -0.3 is 9.30 Å². The summed E-state index contributed by atoms with van der Waals surface area (Å²) < 4.78 is 33.6. The summed E-state index contributed by atoms with van der Waals surface area (Å²) in [5.41, 5.74) is 2.53. The van der Waals surface area contributed by atoms with Crippen LogP contribution in [0.1, 0.15) is 44.7 Å². The number of sulfonamides is 1. The number of nitrogens with one attached hydrogen (secondary N) is 1. The number of pyridine rings is 1. The summed E-state index contributed by atoms with van der Waals surface area (Å²) >= 11 is 6.42. The highest BCUT2D eigenvalue weighted by atomic mass is 35.5. The fourth-order valence-electron chi connectivity index (χ4n) is 3.57. The zero-order chi connectivity index (χ0) is 26.6. The second kappa shape index (κ2) is 10.9. The van der Waals surface area contributed by atoms with Gasteiger partial charge in [-0.1, -0.05) is 48.0 Å². The molecular weight excluding hydrogens is 516 g/mol. The van der Waals surface area contributed by atoms with Crippen molar-refractivity contribution in [3.05, 3.63) is 99.3 Å². The Kier molecular flexibility index (Phi) is 7.70. The third kappa shape index (κ3) is 6.22. The van der Waals surface area contributed by atoms with Crippen molar-refractivity contribution in [3.63, 3.8) is 0 Å². The number of nitrogens with zero attached hydrogens (tertiary/aromatic N) is 3. The van der Waals surface area contributed by atoms with Crippen LogP contribution in [0.4, 0.5) is 0 Å². The molecule has 190 valence electrons. The van der Waals surface area contributed by atoms with Crippen LogP contribution in [0.15, 0.2) is 66.1 Å². The van der Waals surface area contributed by atoms with Crippen molar-refractivity contribution in [3.8, 4) is 0 Å². The number of hydrogen-bond acceptors (Lipinski definition) is 7. The molecule has 1 amide bonds. The number of esters is 1. The molecule has 0 unspecified atom stereocenters. The van der Waals surface area contributed by atoms with Gasteiger partial charge in [-0.15, -0.1) is 0 Å². The lowest BCUT2D eigenvalue weighted by Crippen LogP contribution is -2.29. The molecule has 0 spiro atoms. The van der Waals surface area contributed by atoms with Gasteiger partial charge in [0, 0.05) is 5.02 Å². The van der Waals surface area contributed by atoms with Crippen molar-refractivity contribution in [2.45, 2.75) is 20.4 Å². The van der Waals surface area contributed by atoms with E-state index in [9.17, 15) is 18.0 Å². The summed E-state index contributed by atoms with van der Waals surface area (Å²) in [4.78, 5) is 33.5. The molecule has 0 fully saturated rings. The normalized spacial score (nSPS) is 11.6. The number of amides is 1. The molecule has 4 rings (SSSR count). The van der Waals surface area contributed by atoms with Crippen molar-refractivity contribution in [1.29, 1.82) is 0 Å². The molecule has 0 atom stereocenters. The van der Waals surface area contributed by atoms with Crippen molar-refractivity contribution < 1.29 is 22.7 Å². The topological polar surface area (TPSA) is 120 Å². The van der Waals surface area contributed by atoms with Crippen molar-refractivity contribution >= 4 is 50.7 Å². The molecule has 1 N–H and O–H groups in total. The first-order valence-electron chi connectivity index (χ1n) is 11.3. The Morgan fingerprint density at radius 2 is 1.84 bits per heavy atom. The summed E-state index contributed by atoms with van der Waals surface area (Å²) in [5.74, 6) is -0.725. The Labute approximate surface area is 218 Å². The summed E-state index contributed by atoms with van der Waals surface area (Å²) in [5, 5.41) is 1.28. The summed E-state index contributed by atoms with van der Waals surface area (Å²) in [6.07, 6.45) is 1.39. The molecule has 2 aromatic carbocycles. The first-order chi connectivity index (χ1) is 17.7. The van der Waals surface area contributed by atoms with E-state index in [2.05, 4.69) is 9.97 Å². The maximum Gasteiger partial charge on any atom is 0.338 e. The van der Waals surface area contributed by atoms with E-state index >= 15 is 0 Å². The molecule has 2 heterocycles. The number of ether oxygens (including phenoxy) is 1. The molecule has 37 heavy (non-hydrogen) atoms. The first-order valence-corrected chi connectivity index (χ1v) is 13.2. The van der Waals surface area contributed by atoms with Gasteiger partial charge in [0.1, 0.15) is 17.0 Å². The molecule has 0 aliphatic carbocycles. The molecule has 0 radical (unpaired) electrons. The van der Waals surface area contributed by atoms with Crippen molar-refractivity contribution in [1.82, 2.24) is 19.3 Å². The van der Waals surface area contributed by atoms with Gasteiger partial charge in [-0.2, -0.15) is 0 Å². The highest BCUT2D eigenvalue weighted by Gasteiger charge is 2.18. The summed E-state index contributed by atoms with van der Waals surface area (Å²) in [6.45, 7) is 4.02. The second-order valence-corrected chi connectivity index (χ2v) is 9.97. The van der Waals surface area contributed by atoms with E-state index in [4.69, 9.17) is 16.3 Å². The SMILES string of the molecule is CCOC(=O)c1ccc(Cn2c(C)nc3ccc(C(=O)NS(=O)(=O)/C=C/c4ccccc4)nc32)c(Cl)c1. The lowest BCUT2D eigenvalue weighted by molar-refractivity contribution is 0.0526. The smallest absolute Gasteiger partial charge is 0.338 e. The molecule has 11 heteroatoms. The van der Waals surface area contributed by atoms with Crippen LogP contribution in [0.2, 0.25) is 5.02 Å². The summed E-state index contributed by atoms with van der Waals surface area (Å²) in [7, 11) is -4.05. The highest BCUT2D eigenvalue weighted by molar-refractivity contribution is 7.93. The van der Waals surface area contributed by atoms with Gasteiger partial charge in [0.05, 0.1) is 24.1 Å². The van der Waals surface area contributed by atoms with Gasteiger partial charge in [-0.05, 0) is 55.3 Å². The molecule has 0 saturated carbocycles. The lowest BCUT2D eigenvalue weighted by atomic mass is 10.1. The molecule has 0 bridgehead atoms. The Bertz CT molecular complexity index is 1610. The Hall–Kier alpha value is -4.02. The van der Waals surface area contributed by atoms with Gasteiger partial charge in [0.2, 0.25) is 0 Å². The largest absolute Gasteiger partial charge is 0.462 e. The second-order valence-electron chi connectivity index (χ2n) is 8.00. The monoisotopic (exact) mass is 538 g/mol. The zero-order valence-corrected chi connectivity index (χ0v) is 21.6. The number of imidazole rings is 1. The minimum atomic E-state index is -4.05. The van der Waals surface area contributed by atoms with Gasteiger partial charge in [0.15, 0.2) is 5.65 Å². The van der Waals surface area contributed by atoms with Gasteiger partial charge in [-0.3, -0.25) is 4.79 Å².